The van der Waals surface area contributed by atoms with Crippen molar-refractivity contribution >= 4 is 0 Å². The van der Waals surface area contributed by atoms with Crippen molar-refractivity contribution in [3.05, 3.63) is 100 Å². The van der Waals surface area contributed by atoms with Crippen molar-refractivity contribution in [2.75, 3.05) is 0 Å². The molecule has 7 heteroatoms. The number of phenolic OH excluding ortho intramolecular Hbond substituents is 7. The zero-order valence-electron chi connectivity index (χ0n) is 18.3. The molecule has 4 aromatic rings. The Kier molecular flexibility index (Phi) is 4.35. The van der Waals surface area contributed by atoms with Crippen LogP contribution in [0.25, 0.3) is 0 Å². The first kappa shape index (κ1) is 21.0. The van der Waals surface area contributed by atoms with Crippen LogP contribution in [-0.2, 0) is 0 Å². The lowest BCUT2D eigenvalue weighted by Crippen LogP contribution is -2.26. The smallest absolute Gasteiger partial charge is 0.123 e. The van der Waals surface area contributed by atoms with E-state index in [2.05, 4.69) is 0 Å². The van der Waals surface area contributed by atoms with Crippen molar-refractivity contribution in [3.8, 4) is 40.2 Å². The molecule has 0 aromatic heterocycles. The summed E-state index contributed by atoms with van der Waals surface area (Å²) in [5, 5.41) is 73.5. The Morgan fingerprint density at radius 1 is 0.400 bits per heavy atom. The van der Waals surface area contributed by atoms with Crippen molar-refractivity contribution < 1.29 is 35.7 Å². The highest BCUT2D eigenvalue weighted by molar-refractivity contribution is 5.69. The van der Waals surface area contributed by atoms with Gasteiger partial charge in [0.15, 0.2) is 0 Å². The van der Waals surface area contributed by atoms with E-state index in [9.17, 15) is 35.7 Å². The predicted molar refractivity (Wildman–Crippen MR) is 127 cm³/mol. The van der Waals surface area contributed by atoms with Crippen LogP contribution >= 0.6 is 0 Å². The van der Waals surface area contributed by atoms with Crippen LogP contribution in [0.2, 0.25) is 0 Å². The van der Waals surface area contributed by atoms with Crippen molar-refractivity contribution in [3.63, 3.8) is 0 Å². The molecule has 0 heterocycles. The monoisotopic (exact) mass is 470 g/mol. The summed E-state index contributed by atoms with van der Waals surface area (Å²) in [7, 11) is 0. The van der Waals surface area contributed by atoms with Gasteiger partial charge in [0.25, 0.3) is 0 Å². The fraction of sp³-hybridized carbons (Fsp3) is 0.143. The van der Waals surface area contributed by atoms with E-state index in [1.54, 1.807) is 42.5 Å². The highest BCUT2D eigenvalue weighted by atomic mass is 16.3. The van der Waals surface area contributed by atoms with E-state index in [4.69, 9.17) is 0 Å². The molecule has 4 aromatic carbocycles. The van der Waals surface area contributed by atoms with E-state index in [0.29, 0.717) is 27.8 Å². The van der Waals surface area contributed by atoms with Crippen LogP contribution in [0.15, 0.2) is 66.7 Å². The summed E-state index contributed by atoms with van der Waals surface area (Å²) >= 11 is 0. The number of hydrogen-bond acceptors (Lipinski definition) is 7. The molecule has 2 aliphatic carbocycles. The van der Waals surface area contributed by atoms with Gasteiger partial charge in [-0.1, -0.05) is 18.2 Å². The molecule has 0 saturated carbocycles. The minimum atomic E-state index is -0.563. The van der Waals surface area contributed by atoms with Gasteiger partial charge in [-0.05, 0) is 52.6 Å². The minimum absolute atomic E-state index is 0.0763. The fourth-order valence-electron chi connectivity index (χ4n) is 6.24. The third-order valence-corrected chi connectivity index (χ3v) is 7.40. The molecule has 7 N–H and O–H groups in total. The molecule has 0 aliphatic heterocycles. The Hall–Kier alpha value is -4.52. The highest BCUT2D eigenvalue weighted by Gasteiger charge is 2.54. The number of phenols is 7. The van der Waals surface area contributed by atoms with Gasteiger partial charge in [-0.25, -0.2) is 0 Å². The second kappa shape index (κ2) is 7.24. The second-order valence-electron chi connectivity index (χ2n) is 9.28. The molecule has 7 nitrogen and oxygen atoms in total. The lowest BCUT2D eigenvalue weighted by Gasteiger charge is -2.40. The molecular formula is C28H22O7. The summed E-state index contributed by atoms with van der Waals surface area (Å²) in [4.78, 5) is 0. The zero-order valence-corrected chi connectivity index (χ0v) is 18.3. The van der Waals surface area contributed by atoms with Crippen LogP contribution in [0, 0.1) is 0 Å². The van der Waals surface area contributed by atoms with E-state index in [1.807, 2.05) is 0 Å². The molecule has 4 atom stereocenters. The van der Waals surface area contributed by atoms with Crippen molar-refractivity contribution in [2.24, 2.45) is 0 Å². The van der Waals surface area contributed by atoms with E-state index in [1.165, 1.54) is 24.3 Å². The molecule has 0 saturated heterocycles. The summed E-state index contributed by atoms with van der Waals surface area (Å²) in [6.45, 7) is 0. The maximum Gasteiger partial charge on any atom is 0.123 e. The topological polar surface area (TPSA) is 142 Å². The average Bonchev–Trinajstić information content (AvgIpc) is 3.04. The summed E-state index contributed by atoms with van der Waals surface area (Å²) in [5.74, 6) is -2.65. The van der Waals surface area contributed by atoms with Gasteiger partial charge in [-0.15, -0.1) is 0 Å². The van der Waals surface area contributed by atoms with E-state index in [0.717, 1.165) is 5.56 Å². The van der Waals surface area contributed by atoms with Crippen LogP contribution in [-0.4, -0.2) is 35.7 Å². The Bertz CT molecular complexity index is 1490. The van der Waals surface area contributed by atoms with Gasteiger partial charge in [-0.2, -0.15) is 0 Å². The molecule has 2 aliphatic rings. The van der Waals surface area contributed by atoms with Crippen LogP contribution in [0.4, 0.5) is 0 Å². The Balaban J connectivity index is 1.74. The van der Waals surface area contributed by atoms with Crippen molar-refractivity contribution in [2.45, 2.75) is 23.7 Å². The number of benzene rings is 4. The Labute approximate surface area is 200 Å². The minimum Gasteiger partial charge on any atom is -0.508 e. The largest absolute Gasteiger partial charge is 0.508 e. The fourth-order valence-corrected chi connectivity index (χ4v) is 6.24. The molecule has 0 unspecified atom stereocenters. The standard InChI is InChI=1S/C28H22O7/c29-13-3-1-12(2-4-13)23-24-18(7-15(31)10-21(24)34)28-25-19(8-16(32)11-22(25)35)27(23)26(28)17-6-5-14(30)9-20(17)33/h1-11,23,26-35H/t23-,26+,27+,28+/m0/s1. The van der Waals surface area contributed by atoms with Gasteiger partial charge < -0.3 is 35.7 Å². The SMILES string of the molecule is Oc1ccc([C@H]2c3c(O)cc(O)cc3[C@@H]3c4c(O)cc(O)cc4[C@H]2[C@H]3c2ccc(O)cc2O)cc1. The van der Waals surface area contributed by atoms with Crippen LogP contribution in [0.3, 0.4) is 0 Å². The molecule has 0 fully saturated rings. The summed E-state index contributed by atoms with van der Waals surface area (Å²) in [6.07, 6.45) is 0. The van der Waals surface area contributed by atoms with E-state index < -0.39 is 23.7 Å². The van der Waals surface area contributed by atoms with Crippen LogP contribution in [0.5, 0.6) is 40.2 Å². The number of rotatable bonds is 2. The summed E-state index contributed by atoms with van der Waals surface area (Å²) in [6, 6.07) is 16.6. The van der Waals surface area contributed by atoms with Gasteiger partial charge in [0.1, 0.15) is 40.2 Å². The molecule has 35 heavy (non-hydrogen) atoms. The third-order valence-electron chi connectivity index (χ3n) is 7.40. The Morgan fingerprint density at radius 2 is 0.914 bits per heavy atom. The molecule has 6 rings (SSSR count). The van der Waals surface area contributed by atoms with E-state index >= 15 is 0 Å². The van der Waals surface area contributed by atoms with Gasteiger partial charge in [0.05, 0.1) is 0 Å². The summed E-state index contributed by atoms with van der Waals surface area (Å²) in [5.41, 5.74) is 3.61. The zero-order chi connectivity index (χ0) is 24.6. The van der Waals surface area contributed by atoms with Gasteiger partial charge in [0, 0.05) is 53.0 Å². The number of aromatic hydroxyl groups is 7. The molecular weight excluding hydrogens is 448 g/mol. The molecule has 0 amide bonds. The number of fused-ring (bicyclic) bond motifs is 7. The lowest BCUT2D eigenvalue weighted by molar-refractivity contribution is 0.393. The van der Waals surface area contributed by atoms with E-state index in [-0.39, 0.29) is 40.2 Å². The number of hydrogen-bond donors (Lipinski definition) is 7. The quantitative estimate of drug-likeness (QED) is 0.223. The second-order valence-corrected chi connectivity index (χ2v) is 9.28. The first-order chi connectivity index (χ1) is 16.7. The van der Waals surface area contributed by atoms with Gasteiger partial charge in [-0.3, -0.25) is 0 Å². The Morgan fingerprint density at radius 3 is 1.54 bits per heavy atom. The van der Waals surface area contributed by atoms with Crippen molar-refractivity contribution in [1.82, 2.24) is 0 Å². The molecule has 0 radical (unpaired) electrons. The first-order valence-corrected chi connectivity index (χ1v) is 11.2. The van der Waals surface area contributed by atoms with Gasteiger partial charge in [0.2, 0.25) is 0 Å². The molecule has 176 valence electrons. The van der Waals surface area contributed by atoms with Crippen molar-refractivity contribution in [1.29, 1.82) is 0 Å². The average molecular weight is 470 g/mol. The molecule has 2 bridgehead atoms. The maximum atomic E-state index is 11.0. The van der Waals surface area contributed by atoms with Crippen LogP contribution < -0.4 is 0 Å². The highest BCUT2D eigenvalue weighted by Crippen LogP contribution is 2.69. The lowest BCUT2D eigenvalue weighted by atomic mass is 9.62. The molecule has 0 spiro atoms. The maximum absolute atomic E-state index is 11.0. The normalized spacial score (nSPS) is 21.9. The predicted octanol–water partition coefficient (Wildman–Crippen LogP) is 4.78. The third kappa shape index (κ3) is 2.98. The van der Waals surface area contributed by atoms with Crippen LogP contribution in [0.1, 0.15) is 57.1 Å². The first-order valence-electron chi connectivity index (χ1n) is 11.2. The van der Waals surface area contributed by atoms with Gasteiger partial charge >= 0.3 is 0 Å². The summed E-state index contributed by atoms with van der Waals surface area (Å²) < 4.78 is 0.